The number of pyridine rings is 1. The average molecular weight is 261 g/mol. The van der Waals surface area contributed by atoms with E-state index in [2.05, 4.69) is 4.98 Å². The second kappa shape index (κ2) is 4.99. The van der Waals surface area contributed by atoms with Gasteiger partial charge in [0, 0.05) is 12.7 Å². The van der Waals surface area contributed by atoms with Gasteiger partial charge in [-0.2, -0.15) is 0 Å². The molecule has 0 atom stereocenters. The van der Waals surface area contributed by atoms with Crippen molar-refractivity contribution in [3.8, 4) is 0 Å². The summed E-state index contributed by atoms with van der Waals surface area (Å²) in [7, 11) is 0. The predicted octanol–water partition coefficient (Wildman–Crippen LogP) is 2.56. The van der Waals surface area contributed by atoms with E-state index in [4.69, 9.17) is 28.0 Å². The van der Waals surface area contributed by atoms with E-state index in [9.17, 15) is 4.79 Å². The molecule has 0 aromatic carbocycles. The van der Waals surface area contributed by atoms with Crippen LogP contribution < -0.4 is 0 Å². The first-order valence-corrected chi connectivity index (χ1v) is 5.70. The molecule has 1 amide bonds. The lowest BCUT2D eigenvalue weighted by atomic mass is 10.2. The zero-order chi connectivity index (χ0) is 11.5. The van der Waals surface area contributed by atoms with Gasteiger partial charge in [-0.1, -0.05) is 23.2 Å². The fourth-order valence-corrected chi connectivity index (χ4v) is 1.71. The maximum Gasteiger partial charge on any atom is 0.279 e. The van der Waals surface area contributed by atoms with Gasteiger partial charge in [-0.3, -0.25) is 9.63 Å². The van der Waals surface area contributed by atoms with Crippen molar-refractivity contribution in [1.29, 1.82) is 0 Å². The van der Waals surface area contributed by atoms with Gasteiger partial charge in [0.05, 0.1) is 17.2 Å². The van der Waals surface area contributed by atoms with Crippen molar-refractivity contribution < 1.29 is 9.63 Å². The molecular formula is C10H10Cl2N2O2. The molecule has 1 aliphatic heterocycles. The zero-order valence-electron chi connectivity index (χ0n) is 8.45. The molecular weight excluding hydrogens is 251 g/mol. The van der Waals surface area contributed by atoms with Crippen molar-refractivity contribution in [2.24, 2.45) is 0 Å². The van der Waals surface area contributed by atoms with Crippen LogP contribution in [0, 0.1) is 0 Å². The Balaban J connectivity index is 2.16. The standard InChI is InChI=1S/C10H10Cl2N2O2/c11-8-5-7(6-13-9(8)12)10(15)14-3-1-2-4-16-14/h5-6H,1-4H2. The second-order valence-corrected chi connectivity index (χ2v) is 4.21. The molecule has 0 spiro atoms. The Morgan fingerprint density at radius 1 is 1.44 bits per heavy atom. The third-order valence-electron chi connectivity index (χ3n) is 2.27. The summed E-state index contributed by atoms with van der Waals surface area (Å²) in [6.07, 6.45) is 3.32. The van der Waals surface area contributed by atoms with Crippen molar-refractivity contribution in [3.63, 3.8) is 0 Å². The van der Waals surface area contributed by atoms with E-state index in [0.29, 0.717) is 18.7 Å². The summed E-state index contributed by atoms with van der Waals surface area (Å²) in [6.45, 7) is 1.17. The molecule has 1 aromatic heterocycles. The first-order valence-electron chi connectivity index (χ1n) is 4.94. The highest BCUT2D eigenvalue weighted by molar-refractivity contribution is 6.41. The topological polar surface area (TPSA) is 42.4 Å². The van der Waals surface area contributed by atoms with Crippen LogP contribution in [-0.2, 0) is 4.84 Å². The number of amides is 1. The van der Waals surface area contributed by atoms with Gasteiger partial charge >= 0.3 is 0 Å². The summed E-state index contributed by atoms with van der Waals surface area (Å²) in [5.41, 5.74) is 0.385. The number of hydrogen-bond acceptors (Lipinski definition) is 3. The Labute approximate surface area is 103 Å². The average Bonchev–Trinajstić information content (AvgIpc) is 2.33. The molecule has 0 N–H and O–H groups in total. The van der Waals surface area contributed by atoms with Gasteiger partial charge in [0.1, 0.15) is 5.15 Å². The highest BCUT2D eigenvalue weighted by atomic mass is 35.5. The molecule has 1 aliphatic rings. The van der Waals surface area contributed by atoms with Crippen LogP contribution in [0.3, 0.4) is 0 Å². The normalized spacial score (nSPS) is 16.2. The number of hydrogen-bond donors (Lipinski definition) is 0. The Morgan fingerprint density at radius 3 is 2.88 bits per heavy atom. The van der Waals surface area contributed by atoms with Gasteiger partial charge in [0.15, 0.2) is 0 Å². The van der Waals surface area contributed by atoms with Crippen molar-refractivity contribution in [2.75, 3.05) is 13.2 Å². The summed E-state index contributed by atoms with van der Waals surface area (Å²) >= 11 is 11.5. The van der Waals surface area contributed by atoms with Gasteiger partial charge < -0.3 is 0 Å². The lowest BCUT2D eigenvalue weighted by Gasteiger charge is -2.25. The van der Waals surface area contributed by atoms with Gasteiger partial charge in [0.25, 0.3) is 5.91 Å². The fourth-order valence-electron chi connectivity index (χ4n) is 1.44. The van der Waals surface area contributed by atoms with E-state index in [1.54, 1.807) is 0 Å². The van der Waals surface area contributed by atoms with Crippen LogP contribution in [-0.4, -0.2) is 29.1 Å². The maximum absolute atomic E-state index is 11.9. The van der Waals surface area contributed by atoms with Crippen LogP contribution in [0.2, 0.25) is 10.2 Å². The van der Waals surface area contributed by atoms with E-state index in [0.717, 1.165) is 12.8 Å². The summed E-state index contributed by atoms with van der Waals surface area (Å²) in [5.74, 6) is -0.231. The van der Waals surface area contributed by atoms with Crippen LogP contribution >= 0.6 is 23.2 Å². The van der Waals surface area contributed by atoms with E-state index >= 15 is 0 Å². The first-order chi connectivity index (χ1) is 7.68. The summed E-state index contributed by atoms with van der Waals surface area (Å²) in [5, 5.41) is 1.80. The molecule has 0 unspecified atom stereocenters. The lowest BCUT2D eigenvalue weighted by molar-refractivity contribution is -0.144. The van der Waals surface area contributed by atoms with Crippen LogP contribution in [0.5, 0.6) is 0 Å². The fraction of sp³-hybridized carbons (Fsp3) is 0.400. The van der Waals surface area contributed by atoms with Crippen LogP contribution in [0.4, 0.5) is 0 Å². The lowest BCUT2D eigenvalue weighted by Crippen LogP contribution is -2.35. The minimum atomic E-state index is -0.231. The molecule has 0 aliphatic carbocycles. The Hall–Kier alpha value is -0.840. The van der Waals surface area contributed by atoms with Crippen molar-refractivity contribution in [2.45, 2.75) is 12.8 Å². The largest absolute Gasteiger partial charge is 0.279 e. The van der Waals surface area contributed by atoms with Gasteiger partial charge in [-0.25, -0.2) is 10.0 Å². The minimum Gasteiger partial charge on any atom is -0.271 e. The number of halogens is 2. The molecule has 2 rings (SSSR count). The van der Waals surface area contributed by atoms with Crippen molar-refractivity contribution in [3.05, 3.63) is 28.0 Å². The quantitative estimate of drug-likeness (QED) is 0.729. The molecule has 4 nitrogen and oxygen atoms in total. The molecule has 0 radical (unpaired) electrons. The molecule has 1 saturated heterocycles. The summed E-state index contributed by atoms with van der Waals surface area (Å²) < 4.78 is 0. The molecule has 1 aromatic rings. The third kappa shape index (κ3) is 2.45. The molecule has 1 fully saturated rings. The minimum absolute atomic E-state index is 0.192. The van der Waals surface area contributed by atoms with Gasteiger partial charge in [-0.05, 0) is 18.9 Å². The Bertz CT molecular complexity index is 406. The van der Waals surface area contributed by atoms with E-state index < -0.39 is 0 Å². The molecule has 2 heterocycles. The highest BCUT2D eigenvalue weighted by Crippen LogP contribution is 2.21. The van der Waals surface area contributed by atoms with Crippen molar-refractivity contribution >= 4 is 29.1 Å². The number of hydroxylamine groups is 2. The smallest absolute Gasteiger partial charge is 0.271 e. The van der Waals surface area contributed by atoms with Crippen LogP contribution in [0.1, 0.15) is 23.2 Å². The van der Waals surface area contributed by atoms with Crippen LogP contribution in [0.15, 0.2) is 12.3 Å². The Kier molecular flexibility index (Phi) is 3.63. The molecule has 6 heteroatoms. The SMILES string of the molecule is O=C(c1cnc(Cl)c(Cl)c1)N1CCCCO1. The molecule has 16 heavy (non-hydrogen) atoms. The number of nitrogens with zero attached hydrogens (tertiary/aromatic N) is 2. The number of aromatic nitrogens is 1. The maximum atomic E-state index is 11.9. The third-order valence-corrected chi connectivity index (χ3v) is 2.96. The van der Waals surface area contributed by atoms with E-state index in [1.807, 2.05) is 0 Å². The molecule has 0 saturated carbocycles. The number of carbonyl (C=O) groups excluding carboxylic acids is 1. The van der Waals surface area contributed by atoms with Gasteiger partial charge in [0.2, 0.25) is 0 Å². The molecule has 0 bridgehead atoms. The van der Waals surface area contributed by atoms with E-state index in [1.165, 1.54) is 17.3 Å². The van der Waals surface area contributed by atoms with Gasteiger partial charge in [-0.15, -0.1) is 0 Å². The monoisotopic (exact) mass is 260 g/mol. The summed E-state index contributed by atoms with van der Waals surface area (Å²) in [6, 6.07) is 1.50. The predicted molar refractivity (Wildman–Crippen MR) is 60.5 cm³/mol. The first kappa shape index (κ1) is 11.6. The zero-order valence-corrected chi connectivity index (χ0v) is 9.96. The highest BCUT2D eigenvalue weighted by Gasteiger charge is 2.20. The van der Waals surface area contributed by atoms with Crippen LogP contribution in [0.25, 0.3) is 0 Å². The molecule has 86 valence electrons. The van der Waals surface area contributed by atoms with E-state index in [-0.39, 0.29) is 16.1 Å². The Morgan fingerprint density at radius 2 is 2.25 bits per heavy atom. The second-order valence-electron chi connectivity index (χ2n) is 3.44. The number of rotatable bonds is 1. The van der Waals surface area contributed by atoms with Crippen molar-refractivity contribution in [1.82, 2.24) is 10.0 Å². The summed E-state index contributed by atoms with van der Waals surface area (Å²) in [4.78, 5) is 21.0. The number of carbonyl (C=O) groups is 1.